The Balaban J connectivity index is 1.73. The van der Waals surface area contributed by atoms with E-state index in [-0.39, 0.29) is 0 Å². The molecule has 5 rings (SSSR count). The minimum absolute atomic E-state index is 0.580. The molecule has 1 heteroatoms. The van der Waals surface area contributed by atoms with Gasteiger partial charge < -0.3 is 0 Å². The molecule has 0 amide bonds. The fraction of sp³-hybridized carbons (Fsp3) is 0.0800. The van der Waals surface area contributed by atoms with Crippen molar-refractivity contribution >= 4 is 3.71 Å². The van der Waals surface area contributed by atoms with Crippen LogP contribution in [0.4, 0.5) is 0 Å². The molecule has 0 spiro atoms. The normalized spacial score (nSPS) is 15.7. The second-order valence-corrected chi connectivity index (χ2v) is 12.9. The van der Waals surface area contributed by atoms with Crippen molar-refractivity contribution in [3.63, 3.8) is 0 Å². The van der Waals surface area contributed by atoms with Gasteiger partial charge in [-0.1, -0.05) is 0 Å². The molecule has 2 aliphatic rings. The predicted molar refractivity (Wildman–Crippen MR) is 107 cm³/mol. The molecule has 0 bridgehead atoms. The van der Waals surface area contributed by atoms with E-state index in [1.165, 1.54) is 16.7 Å². The van der Waals surface area contributed by atoms with Gasteiger partial charge in [0.15, 0.2) is 0 Å². The van der Waals surface area contributed by atoms with Crippen LogP contribution < -0.4 is 0 Å². The summed E-state index contributed by atoms with van der Waals surface area (Å²) in [6.07, 6.45) is 8.11. The quantitative estimate of drug-likeness (QED) is 0.491. The van der Waals surface area contributed by atoms with E-state index in [1.54, 1.807) is 14.4 Å². The maximum atomic E-state index is 2.66. The Bertz CT molecular complexity index is 1010. The standard InChI is InChI=1S/C13H9.C7H6.C5H5.Zr/c1-3-7-12-10(5-1)9-11-6-2-4-8-13(11)12;1-7-5-3-2-4-6-7;1-2-4-5-3-1;/h1-9H;1-6H;1-3H,4H2;. The van der Waals surface area contributed by atoms with Crippen molar-refractivity contribution in [1.82, 2.24) is 0 Å². The fourth-order valence-corrected chi connectivity index (χ4v) is 11.8. The van der Waals surface area contributed by atoms with Gasteiger partial charge in [0.2, 0.25) is 0 Å². The molecular weight excluding hydrogens is 391 g/mol. The van der Waals surface area contributed by atoms with Crippen molar-refractivity contribution in [2.45, 2.75) is 10.0 Å². The Morgan fingerprint density at radius 1 is 0.731 bits per heavy atom. The summed E-state index contributed by atoms with van der Waals surface area (Å²) in [6.45, 7) is 0. The molecule has 0 atom stereocenters. The van der Waals surface area contributed by atoms with Crippen molar-refractivity contribution in [3.8, 4) is 11.1 Å². The van der Waals surface area contributed by atoms with Crippen molar-refractivity contribution in [2.75, 3.05) is 0 Å². The summed E-state index contributed by atoms with van der Waals surface area (Å²) >= 11 is -2.09. The van der Waals surface area contributed by atoms with Crippen molar-refractivity contribution in [2.24, 2.45) is 0 Å². The Labute approximate surface area is 162 Å². The maximum absolute atomic E-state index is 2.66. The van der Waals surface area contributed by atoms with Gasteiger partial charge >= 0.3 is 163 Å². The molecule has 0 aromatic heterocycles. The van der Waals surface area contributed by atoms with Crippen LogP contribution in [0.2, 0.25) is 0 Å². The molecule has 0 aliphatic heterocycles. The van der Waals surface area contributed by atoms with Crippen LogP contribution in [0.25, 0.3) is 11.1 Å². The average Bonchev–Trinajstić information content (AvgIpc) is 3.34. The van der Waals surface area contributed by atoms with Crippen LogP contribution in [-0.2, 0) is 21.3 Å². The topological polar surface area (TPSA) is 0 Å². The molecule has 0 radical (unpaired) electrons. The van der Waals surface area contributed by atoms with Gasteiger partial charge in [0.05, 0.1) is 0 Å². The third-order valence-electron chi connectivity index (χ3n) is 5.41. The molecule has 3 aromatic rings. The number of benzene rings is 3. The number of hydrogen-bond acceptors (Lipinski definition) is 0. The number of allylic oxidation sites excluding steroid dienone is 4. The van der Waals surface area contributed by atoms with Gasteiger partial charge in [0, 0.05) is 0 Å². The van der Waals surface area contributed by atoms with Gasteiger partial charge in [-0.2, -0.15) is 0 Å². The average molecular weight is 412 g/mol. The number of hydrogen-bond donors (Lipinski definition) is 0. The predicted octanol–water partition coefficient (Wildman–Crippen LogP) is 6.07. The zero-order valence-electron chi connectivity index (χ0n) is 14.6. The Morgan fingerprint density at radius 2 is 1.35 bits per heavy atom. The molecular formula is C25H20Zr. The van der Waals surface area contributed by atoms with Crippen LogP contribution in [0.1, 0.15) is 26.7 Å². The summed E-state index contributed by atoms with van der Waals surface area (Å²) in [5.74, 6) is 0. The van der Waals surface area contributed by atoms with Crippen LogP contribution in [0.15, 0.2) is 100 Å². The Kier molecular flexibility index (Phi) is 4.27. The molecule has 0 N–H and O–H groups in total. The van der Waals surface area contributed by atoms with E-state index in [0.717, 1.165) is 6.42 Å². The van der Waals surface area contributed by atoms with Crippen LogP contribution in [0, 0.1) is 0 Å². The van der Waals surface area contributed by atoms with E-state index < -0.39 is 21.3 Å². The van der Waals surface area contributed by atoms with E-state index >= 15 is 0 Å². The first-order valence-corrected chi connectivity index (χ1v) is 13.3. The summed E-state index contributed by atoms with van der Waals surface area (Å²) in [7, 11) is 0. The third kappa shape index (κ3) is 2.76. The van der Waals surface area contributed by atoms with Crippen molar-refractivity contribution in [1.29, 1.82) is 0 Å². The summed E-state index contributed by atoms with van der Waals surface area (Å²) in [4.78, 5) is 0. The second-order valence-electron chi connectivity index (χ2n) is 6.94. The second kappa shape index (κ2) is 6.89. The van der Waals surface area contributed by atoms with E-state index in [4.69, 9.17) is 0 Å². The van der Waals surface area contributed by atoms with Gasteiger partial charge in [-0.15, -0.1) is 0 Å². The van der Waals surface area contributed by atoms with Gasteiger partial charge in [-0.05, 0) is 0 Å². The molecule has 124 valence electrons. The summed E-state index contributed by atoms with van der Waals surface area (Å²) in [5.41, 5.74) is 7.36. The van der Waals surface area contributed by atoms with Crippen LogP contribution in [-0.4, -0.2) is 3.71 Å². The zero-order chi connectivity index (χ0) is 17.3. The zero-order valence-corrected chi connectivity index (χ0v) is 17.1. The van der Waals surface area contributed by atoms with E-state index in [0.29, 0.717) is 3.63 Å². The molecule has 0 heterocycles. The van der Waals surface area contributed by atoms with Crippen molar-refractivity contribution < 1.29 is 21.3 Å². The minimum atomic E-state index is -2.09. The molecule has 0 saturated carbocycles. The Morgan fingerprint density at radius 3 is 1.96 bits per heavy atom. The molecule has 26 heavy (non-hydrogen) atoms. The van der Waals surface area contributed by atoms with Gasteiger partial charge in [-0.3, -0.25) is 0 Å². The molecule has 0 unspecified atom stereocenters. The first-order valence-electron chi connectivity index (χ1n) is 9.23. The Hall–Kier alpha value is -2.11. The first kappa shape index (κ1) is 16.1. The van der Waals surface area contributed by atoms with E-state index in [1.807, 2.05) is 0 Å². The molecule has 0 fully saturated rings. The SMILES string of the molecule is C1=CC[C](/[Zr](=[CH]\c2ccccc2)[CH]2c3ccccc3-c3ccccc32)=C1. The molecule has 3 aromatic carbocycles. The molecule has 0 nitrogen and oxygen atoms in total. The van der Waals surface area contributed by atoms with Gasteiger partial charge in [0.1, 0.15) is 0 Å². The number of rotatable bonds is 3. The van der Waals surface area contributed by atoms with Gasteiger partial charge in [0.25, 0.3) is 0 Å². The fourth-order valence-electron chi connectivity index (χ4n) is 4.24. The molecule has 2 aliphatic carbocycles. The summed E-state index contributed by atoms with van der Waals surface area (Å²) in [5, 5.41) is 0. The van der Waals surface area contributed by atoms with Crippen molar-refractivity contribution in [3.05, 3.63) is 117 Å². The van der Waals surface area contributed by atoms with E-state index in [2.05, 4.69) is 101 Å². The monoisotopic (exact) mass is 410 g/mol. The first-order chi connectivity index (χ1) is 12.9. The van der Waals surface area contributed by atoms with Crippen LogP contribution in [0.5, 0.6) is 0 Å². The van der Waals surface area contributed by atoms with Gasteiger partial charge in [-0.25, -0.2) is 0 Å². The third-order valence-corrected chi connectivity index (χ3v) is 12.8. The summed E-state index contributed by atoms with van der Waals surface area (Å²) < 4.78 is 4.94. The van der Waals surface area contributed by atoms with Crippen LogP contribution in [0.3, 0.4) is 0 Å². The van der Waals surface area contributed by atoms with Crippen LogP contribution >= 0.6 is 0 Å². The van der Waals surface area contributed by atoms with E-state index in [9.17, 15) is 0 Å². The summed E-state index contributed by atoms with van der Waals surface area (Å²) in [6, 6.07) is 29.1. The molecule has 0 saturated heterocycles. The number of fused-ring (bicyclic) bond motifs is 3.